The first kappa shape index (κ1) is 53.2. The zero-order valence-corrected chi connectivity index (χ0v) is 36.8. The molecule has 0 bridgehead atoms. The van der Waals surface area contributed by atoms with E-state index < -0.39 is 112 Å². The van der Waals surface area contributed by atoms with Crippen molar-refractivity contribution in [3.8, 4) is 0 Å². The van der Waals surface area contributed by atoms with Crippen LogP contribution in [-0.4, -0.2) is 160 Å². The van der Waals surface area contributed by atoms with Crippen molar-refractivity contribution in [3.63, 3.8) is 0 Å². The number of phosphoric acid groups is 3. The minimum atomic E-state index is -5.63. The predicted octanol–water partition coefficient (Wildman–Crippen LogP) is -2.79. The number of aromatic nitrogens is 4. The van der Waals surface area contributed by atoms with Crippen LogP contribution in [0.4, 0.5) is 5.82 Å². The number of nitrogens with one attached hydrogen (secondary N) is 2. The molecule has 62 heavy (non-hydrogen) atoms. The summed E-state index contributed by atoms with van der Waals surface area (Å²) in [5.74, 6) is -7.74. The summed E-state index contributed by atoms with van der Waals surface area (Å²) in [7, 11) is -16.6. The normalized spacial score (nSPS) is 22.3. The number of amides is 2. The van der Waals surface area contributed by atoms with E-state index in [0.717, 1.165) is 38.0 Å². The Morgan fingerprint density at radius 2 is 1.58 bits per heavy atom. The number of aliphatic hydroxyl groups is 5. The summed E-state index contributed by atoms with van der Waals surface area (Å²) >= 11 is 0.557. The molecule has 0 radical (unpaired) electrons. The van der Waals surface area contributed by atoms with Crippen molar-refractivity contribution in [2.24, 2.45) is 10.8 Å². The fourth-order valence-corrected chi connectivity index (χ4v) is 9.08. The van der Waals surface area contributed by atoms with Crippen molar-refractivity contribution in [1.29, 1.82) is 0 Å². The van der Waals surface area contributed by atoms with Gasteiger partial charge in [-0.2, -0.15) is 4.31 Å². The molecule has 1 aliphatic rings. The third-order valence-corrected chi connectivity index (χ3v) is 13.7. The van der Waals surface area contributed by atoms with Crippen LogP contribution in [0.25, 0.3) is 11.2 Å². The highest BCUT2D eigenvalue weighted by atomic mass is 32.2. The van der Waals surface area contributed by atoms with Crippen LogP contribution in [-0.2, 0) is 55.5 Å². The largest absolute Gasteiger partial charge is 0.481 e. The second-order valence-electron chi connectivity index (χ2n) is 14.9. The van der Waals surface area contributed by atoms with Crippen LogP contribution in [0.3, 0.4) is 0 Å². The number of thioether (sulfide) groups is 1. The Morgan fingerprint density at radius 1 is 0.968 bits per heavy atom. The molecule has 352 valence electrons. The number of ether oxygens (including phenoxy) is 1. The van der Waals surface area contributed by atoms with E-state index in [-0.39, 0.29) is 42.2 Å². The van der Waals surface area contributed by atoms with Crippen molar-refractivity contribution >= 4 is 75.1 Å². The topological polar surface area (TPSA) is 462 Å². The van der Waals surface area contributed by atoms with Gasteiger partial charge < -0.3 is 71.3 Å². The molecule has 0 aromatic carbocycles. The second-order valence-corrected chi connectivity index (χ2v) is 20.2. The molecule has 29 nitrogen and oxygen atoms in total. The Bertz CT molecular complexity index is 2120. The van der Waals surface area contributed by atoms with E-state index in [2.05, 4.69) is 34.4 Å². The minimum absolute atomic E-state index is 0.00343. The summed E-state index contributed by atoms with van der Waals surface area (Å²) in [6.07, 6.45) is -7.39. The van der Waals surface area contributed by atoms with E-state index in [0.29, 0.717) is 11.8 Å². The molecule has 0 spiro atoms. The van der Waals surface area contributed by atoms with Crippen LogP contribution in [0.5, 0.6) is 0 Å². The number of hydrogen-bond donors (Lipinski definition) is 13. The van der Waals surface area contributed by atoms with Crippen LogP contribution < -0.4 is 16.4 Å². The van der Waals surface area contributed by atoms with E-state index in [9.17, 15) is 78.0 Å². The Hall–Kier alpha value is -3.09. The molecule has 2 amide bonds. The van der Waals surface area contributed by atoms with Crippen molar-refractivity contribution < 1.29 is 106 Å². The van der Waals surface area contributed by atoms with Crippen molar-refractivity contribution in [3.05, 3.63) is 12.7 Å². The predicted molar refractivity (Wildman–Crippen MR) is 206 cm³/mol. The number of anilines is 1. The molecule has 33 heteroatoms. The maximum Gasteiger partial charge on any atom is 0.481 e. The summed E-state index contributed by atoms with van der Waals surface area (Å²) in [5, 5.41) is 64.5. The van der Waals surface area contributed by atoms with Gasteiger partial charge in [-0.05, 0) is 20.8 Å². The van der Waals surface area contributed by atoms with E-state index in [1.807, 2.05) is 0 Å². The van der Waals surface area contributed by atoms with Gasteiger partial charge in [0.25, 0.3) is 5.79 Å². The molecule has 1 fully saturated rings. The number of carbonyl (C=O) groups is 4. The van der Waals surface area contributed by atoms with Crippen LogP contribution in [0.1, 0.15) is 47.3 Å². The number of hydrogen-bond acceptors (Lipinski definition) is 22. The molecule has 14 N–H and O–H groups in total. The number of aliphatic carboxylic acids is 1. The first-order valence-electron chi connectivity index (χ1n) is 17.6. The quantitative estimate of drug-likeness (QED) is 0.0304. The third-order valence-electron chi connectivity index (χ3n) is 9.44. The molecule has 0 aliphatic carbocycles. The van der Waals surface area contributed by atoms with Gasteiger partial charge >= 0.3 is 29.4 Å². The second kappa shape index (κ2) is 20.0. The highest BCUT2D eigenvalue weighted by Gasteiger charge is 2.62. The van der Waals surface area contributed by atoms with Gasteiger partial charge in [0, 0.05) is 30.7 Å². The molecule has 8 atom stereocenters. The van der Waals surface area contributed by atoms with E-state index in [1.54, 1.807) is 0 Å². The van der Waals surface area contributed by atoms with E-state index in [1.165, 1.54) is 13.8 Å². The van der Waals surface area contributed by atoms with Crippen molar-refractivity contribution in [2.45, 2.75) is 83.1 Å². The van der Waals surface area contributed by atoms with Gasteiger partial charge in [0.15, 0.2) is 22.8 Å². The highest BCUT2D eigenvalue weighted by Crippen LogP contribution is 2.61. The molecule has 1 saturated heterocycles. The summed E-state index contributed by atoms with van der Waals surface area (Å²) in [4.78, 5) is 99.7. The monoisotopic (exact) mass is 971 g/mol. The standard InChI is InChI=1S/C29H48N7O22P3S/c1-26(2,19(39)22(40)32-7-6-15(37)31-8-9-62-25(43)27(3,4)28(5,44)29(45,46)24(41)42)11-55-61(52,53)58-60(50,51)54-10-14-18(57-59(47,48)49)17(38)23(56-14)36-13-35-16-20(30)33-12-34-21(16)36/h12-14,17-19,23,38-39,44-46H,6-11H2,1-5H3,(H,31,37)(H,32,40)(H,41,42)(H,50,51)(H,52,53)(H2,30,33,34)(H2,47,48,49)/t14-,17-,18-,19?,23-,28?/m1/s1. The van der Waals surface area contributed by atoms with Crippen LogP contribution >= 0.6 is 35.2 Å². The Balaban J connectivity index is 1.48. The molecular weight excluding hydrogens is 923 g/mol. The molecule has 1 aliphatic heterocycles. The fourth-order valence-electron chi connectivity index (χ4n) is 5.30. The molecular formula is C29H48N7O22P3S. The van der Waals surface area contributed by atoms with Crippen molar-refractivity contribution in [1.82, 2.24) is 30.2 Å². The summed E-state index contributed by atoms with van der Waals surface area (Å²) in [5.41, 5.74) is -0.706. The maximum absolute atomic E-state index is 12.7. The number of aliphatic hydroxyl groups excluding tert-OH is 2. The van der Waals surface area contributed by atoms with E-state index in [4.69, 9.17) is 24.6 Å². The minimum Gasteiger partial charge on any atom is -0.477 e. The molecule has 0 saturated carbocycles. The average Bonchev–Trinajstić information content (AvgIpc) is 3.70. The van der Waals surface area contributed by atoms with Crippen LogP contribution in [0, 0.1) is 10.8 Å². The third kappa shape index (κ3) is 13.0. The number of nitrogen functional groups attached to an aromatic ring is 1. The molecule has 4 unspecified atom stereocenters. The first-order valence-corrected chi connectivity index (χ1v) is 23.1. The summed E-state index contributed by atoms with van der Waals surface area (Å²) < 4.78 is 62.0. The number of nitrogens with zero attached hydrogens (tertiary/aromatic N) is 4. The number of rotatable bonds is 23. The smallest absolute Gasteiger partial charge is 0.477 e. The number of imidazole rings is 1. The van der Waals surface area contributed by atoms with Gasteiger partial charge in [-0.1, -0.05) is 25.6 Å². The lowest BCUT2D eigenvalue weighted by atomic mass is 9.71. The Morgan fingerprint density at radius 3 is 2.18 bits per heavy atom. The number of carbonyl (C=O) groups excluding carboxylic acids is 3. The molecule has 2 aromatic rings. The fraction of sp³-hybridized carbons (Fsp3) is 0.690. The lowest BCUT2D eigenvalue weighted by Gasteiger charge is -2.43. The average molecular weight is 972 g/mol. The van der Waals surface area contributed by atoms with Gasteiger partial charge in [0.2, 0.25) is 11.8 Å². The zero-order chi connectivity index (χ0) is 47.4. The van der Waals surface area contributed by atoms with Gasteiger partial charge in [-0.25, -0.2) is 33.4 Å². The van der Waals surface area contributed by atoms with Gasteiger partial charge in [0.1, 0.15) is 41.9 Å². The highest BCUT2D eigenvalue weighted by molar-refractivity contribution is 8.13. The maximum atomic E-state index is 12.7. The first-order chi connectivity index (χ1) is 28.2. The SMILES string of the molecule is CC(C)(COP(=O)(O)OP(=O)(O)OC[C@H]1O[C@@H](n2cnc3c(N)ncnc32)[C@H](O)[C@@H]1OP(=O)(O)O)C(O)C(=O)NCCC(=O)NCCSC(=O)C(C)(C)C(C)(O)C(O)(O)C(=O)O. The molecule has 3 rings (SSSR count). The number of carboxylic acid groups (broad SMARTS) is 1. The molecule has 2 aromatic heterocycles. The van der Waals surface area contributed by atoms with Crippen molar-refractivity contribution in [2.75, 3.05) is 37.8 Å². The summed E-state index contributed by atoms with van der Waals surface area (Å²) in [6, 6.07) is 0. The van der Waals surface area contributed by atoms with Gasteiger partial charge in [0.05, 0.1) is 25.0 Å². The lowest BCUT2D eigenvalue weighted by molar-refractivity contribution is -0.288. The Labute approximate surface area is 354 Å². The van der Waals surface area contributed by atoms with Gasteiger partial charge in [-0.3, -0.25) is 32.5 Å². The van der Waals surface area contributed by atoms with Crippen LogP contribution in [0.2, 0.25) is 0 Å². The number of fused-ring (bicyclic) bond motifs is 1. The number of nitrogens with two attached hydrogens (primary N) is 1. The zero-order valence-electron chi connectivity index (χ0n) is 33.3. The number of phosphoric ester groups is 3. The Kier molecular flexibility index (Phi) is 17.2. The molecule has 3 heterocycles. The lowest BCUT2D eigenvalue weighted by Crippen LogP contribution is -2.66. The van der Waals surface area contributed by atoms with E-state index >= 15 is 0 Å². The van der Waals surface area contributed by atoms with Crippen LogP contribution in [0.15, 0.2) is 12.7 Å². The summed E-state index contributed by atoms with van der Waals surface area (Å²) in [6.45, 7) is 2.72. The number of carboxylic acids is 1. The van der Waals surface area contributed by atoms with Gasteiger partial charge in [-0.15, -0.1) is 0 Å².